The van der Waals surface area contributed by atoms with Crippen molar-refractivity contribution in [1.82, 2.24) is 0 Å². The molecule has 0 unspecified atom stereocenters. The molecule has 2 aromatic rings. The largest absolute Gasteiger partial charge is 0.0651 e. The van der Waals surface area contributed by atoms with Crippen LogP contribution in [-0.4, -0.2) is 0 Å². The first kappa shape index (κ1) is 15.6. The molecule has 0 aliphatic carbocycles. The molecule has 0 spiro atoms. The zero-order valence-electron chi connectivity index (χ0n) is 13.5. The standard InChI is InChI=1S/C21H26/c1-4-6-18-8-10-20(11-9-18)16-17(3)21-14-12-19(7-5-2)13-15-21/h8-16H,4-7H2,1-3H3. The van der Waals surface area contributed by atoms with Gasteiger partial charge >= 0.3 is 0 Å². The van der Waals surface area contributed by atoms with Crippen LogP contribution in [0.25, 0.3) is 11.6 Å². The van der Waals surface area contributed by atoms with Crippen molar-refractivity contribution in [3.63, 3.8) is 0 Å². The van der Waals surface area contributed by atoms with Crippen LogP contribution in [0.5, 0.6) is 0 Å². The van der Waals surface area contributed by atoms with Crippen LogP contribution >= 0.6 is 0 Å². The van der Waals surface area contributed by atoms with Gasteiger partial charge in [-0.3, -0.25) is 0 Å². The molecule has 0 radical (unpaired) electrons. The average molecular weight is 278 g/mol. The summed E-state index contributed by atoms with van der Waals surface area (Å²) in [6.45, 7) is 6.64. The SMILES string of the molecule is CCCc1ccc(C=C(C)c2ccc(CCC)cc2)cc1. The number of allylic oxidation sites excluding steroid dienone is 1. The van der Waals surface area contributed by atoms with E-state index in [1.807, 2.05) is 0 Å². The van der Waals surface area contributed by atoms with Gasteiger partial charge in [0.25, 0.3) is 0 Å². The molecule has 0 fully saturated rings. The lowest BCUT2D eigenvalue weighted by atomic mass is 10.0. The predicted molar refractivity (Wildman–Crippen MR) is 94.4 cm³/mol. The minimum absolute atomic E-state index is 1.17. The maximum atomic E-state index is 2.27. The summed E-state index contributed by atoms with van der Waals surface area (Å²) in [5, 5.41) is 0. The second kappa shape index (κ2) is 7.83. The van der Waals surface area contributed by atoms with E-state index in [4.69, 9.17) is 0 Å². The molecule has 0 aliphatic rings. The van der Waals surface area contributed by atoms with Crippen molar-refractivity contribution in [2.75, 3.05) is 0 Å². The van der Waals surface area contributed by atoms with Crippen LogP contribution in [-0.2, 0) is 12.8 Å². The molecule has 21 heavy (non-hydrogen) atoms. The molecule has 110 valence electrons. The minimum atomic E-state index is 1.17. The van der Waals surface area contributed by atoms with E-state index >= 15 is 0 Å². The molecule has 0 nitrogen and oxygen atoms in total. The van der Waals surface area contributed by atoms with E-state index in [0.717, 1.165) is 0 Å². The van der Waals surface area contributed by atoms with Crippen molar-refractivity contribution in [2.24, 2.45) is 0 Å². The summed E-state index contributed by atoms with van der Waals surface area (Å²) >= 11 is 0. The lowest BCUT2D eigenvalue weighted by Crippen LogP contribution is -1.86. The number of aryl methyl sites for hydroxylation is 2. The first-order valence-electron chi connectivity index (χ1n) is 8.09. The highest BCUT2D eigenvalue weighted by atomic mass is 14.0. The number of rotatable bonds is 6. The third-order valence-corrected chi connectivity index (χ3v) is 3.85. The van der Waals surface area contributed by atoms with Crippen LogP contribution in [0.2, 0.25) is 0 Å². The lowest BCUT2D eigenvalue weighted by Gasteiger charge is -2.05. The van der Waals surface area contributed by atoms with Crippen LogP contribution in [0.3, 0.4) is 0 Å². The molecule has 0 heterocycles. The third-order valence-electron chi connectivity index (χ3n) is 3.85. The highest BCUT2D eigenvalue weighted by Crippen LogP contribution is 2.19. The van der Waals surface area contributed by atoms with Crippen molar-refractivity contribution < 1.29 is 0 Å². The van der Waals surface area contributed by atoms with Gasteiger partial charge in [0, 0.05) is 0 Å². The fourth-order valence-corrected chi connectivity index (χ4v) is 2.63. The molecule has 2 aromatic carbocycles. The van der Waals surface area contributed by atoms with Gasteiger partial charge in [-0.25, -0.2) is 0 Å². The predicted octanol–water partition coefficient (Wildman–Crippen LogP) is 6.15. The summed E-state index contributed by atoms with van der Waals surface area (Å²) in [7, 11) is 0. The Bertz CT molecular complexity index is 570. The fraction of sp³-hybridized carbons (Fsp3) is 0.333. The topological polar surface area (TPSA) is 0 Å². The summed E-state index contributed by atoms with van der Waals surface area (Å²) in [6.07, 6.45) is 7.02. The van der Waals surface area contributed by atoms with Gasteiger partial charge < -0.3 is 0 Å². The molecule has 0 aromatic heterocycles. The Morgan fingerprint density at radius 2 is 1.24 bits per heavy atom. The Hall–Kier alpha value is -1.82. The van der Waals surface area contributed by atoms with Crippen LogP contribution in [0.15, 0.2) is 48.5 Å². The van der Waals surface area contributed by atoms with E-state index in [1.165, 1.54) is 53.5 Å². The zero-order chi connectivity index (χ0) is 15.1. The Kier molecular flexibility index (Phi) is 5.80. The Labute approximate surface area is 129 Å². The Morgan fingerprint density at radius 3 is 1.71 bits per heavy atom. The molecule has 0 saturated carbocycles. The summed E-state index contributed by atoms with van der Waals surface area (Å²) in [6, 6.07) is 17.9. The maximum absolute atomic E-state index is 2.27. The minimum Gasteiger partial charge on any atom is -0.0651 e. The third kappa shape index (κ3) is 4.60. The van der Waals surface area contributed by atoms with Gasteiger partial charge in [-0.05, 0) is 47.6 Å². The molecule has 0 atom stereocenters. The summed E-state index contributed by atoms with van der Waals surface area (Å²) < 4.78 is 0. The van der Waals surface area contributed by atoms with E-state index in [9.17, 15) is 0 Å². The number of benzene rings is 2. The van der Waals surface area contributed by atoms with Crippen molar-refractivity contribution in [3.05, 3.63) is 70.8 Å². The summed E-state index contributed by atoms with van der Waals surface area (Å²) in [5.41, 5.74) is 6.77. The lowest BCUT2D eigenvalue weighted by molar-refractivity contribution is 0.921. The average Bonchev–Trinajstić information content (AvgIpc) is 2.50. The van der Waals surface area contributed by atoms with Crippen molar-refractivity contribution in [1.29, 1.82) is 0 Å². The smallest absolute Gasteiger partial charge is 0.0227 e. The molecule has 0 amide bonds. The summed E-state index contributed by atoms with van der Waals surface area (Å²) in [4.78, 5) is 0. The quantitative estimate of drug-likeness (QED) is 0.556. The van der Waals surface area contributed by atoms with Gasteiger partial charge in [0.15, 0.2) is 0 Å². The van der Waals surface area contributed by atoms with Gasteiger partial charge in [0.05, 0.1) is 0 Å². The molecular weight excluding hydrogens is 252 g/mol. The van der Waals surface area contributed by atoms with E-state index in [2.05, 4.69) is 75.4 Å². The van der Waals surface area contributed by atoms with E-state index in [0.29, 0.717) is 0 Å². The van der Waals surface area contributed by atoms with Gasteiger partial charge in [0.1, 0.15) is 0 Å². The molecule has 0 saturated heterocycles. The number of hydrogen-bond donors (Lipinski definition) is 0. The van der Waals surface area contributed by atoms with Crippen LogP contribution in [0.4, 0.5) is 0 Å². The van der Waals surface area contributed by atoms with E-state index in [1.54, 1.807) is 0 Å². The number of hydrogen-bond acceptors (Lipinski definition) is 0. The molecular formula is C21H26. The first-order valence-corrected chi connectivity index (χ1v) is 8.09. The summed E-state index contributed by atoms with van der Waals surface area (Å²) in [5.74, 6) is 0. The Morgan fingerprint density at radius 1 is 0.762 bits per heavy atom. The van der Waals surface area contributed by atoms with Crippen LogP contribution < -0.4 is 0 Å². The van der Waals surface area contributed by atoms with E-state index in [-0.39, 0.29) is 0 Å². The molecule has 2 rings (SSSR count). The first-order chi connectivity index (χ1) is 10.2. The monoisotopic (exact) mass is 278 g/mol. The second-order valence-corrected chi connectivity index (χ2v) is 5.77. The molecule has 0 heteroatoms. The van der Waals surface area contributed by atoms with Crippen LogP contribution in [0, 0.1) is 0 Å². The highest BCUT2D eigenvalue weighted by Gasteiger charge is 1.98. The molecule has 0 bridgehead atoms. The van der Waals surface area contributed by atoms with Gasteiger partial charge in [-0.2, -0.15) is 0 Å². The fourth-order valence-electron chi connectivity index (χ4n) is 2.63. The highest BCUT2D eigenvalue weighted by molar-refractivity contribution is 5.80. The Balaban J connectivity index is 2.12. The second-order valence-electron chi connectivity index (χ2n) is 5.77. The molecule has 0 N–H and O–H groups in total. The van der Waals surface area contributed by atoms with Gasteiger partial charge in [0.2, 0.25) is 0 Å². The van der Waals surface area contributed by atoms with Gasteiger partial charge in [-0.15, -0.1) is 0 Å². The maximum Gasteiger partial charge on any atom is -0.0227 e. The van der Waals surface area contributed by atoms with Crippen molar-refractivity contribution in [2.45, 2.75) is 46.5 Å². The van der Waals surface area contributed by atoms with Crippen LogP contribution in [0.1, 0.15) is 55.9 Å². The van der Waals surface area contributed by atoms with Crippen molar-refractivity contribution >= 4 is 11.6 Å². The van der Waals surface area contributed by atoms with Gasteiger partial charge in [-0.1, -0.05) is 81.3 Å². The normalized spacial score (nSPS) is 11.7. The zero-order valence-corrected chi connectivity index (χ0v) is 13.5. The van der Waals surface area contributed by atoms with Crippen molar-refractivity contribution in [3.8, 4) is 0 Å². The molecule has 0 aliphatic heterocycles. The van der Waals surface area contributed by atoms with E-state index < -0.39 is 0 Å².